The molecule has 1 aromatic heterocycles. The number of carbonyl (C=O) groups excluding carboxylic acids is 3. The van der Waals surface area contributed by atoms with E-state index >= 15 is 0 Å². The van der Waals surface area contributed by atoms with E-state index in [-0.39, 0.29) is 24.0 Å². The van der Waals surface area contributed by atoms with Gasteiger partial charge >= 0.3 is 0 Å². The topological polar surface area (TPSA) is 103 Å². The fourth-order valence-corrected chi connectivity index (χ4v) is 5.69. The molecular formula is C26H22ClN5O3S2. The monoisotopic (exact) mass is 551 g/mol. The summed E-state index contributed by atoms with van der Waals surface area (Å²) >= 11 is 8.92. The Balaban J connectivity index is 1.29. The second-order valence-electron chi connectivity index (χ2n) is 8.29. The largest absolute Gasteiger partial charge is 0.351 e. The van der Waals surface area contributed by atoms with Crippen LogP contribution < -0.4 is 10.6 Å². The van der Waals surface area contributed by atoms with Gasteiger partial charge in [0.1, 0.15) is 11.9 Å². The Labute approximate surface area is 226 Å². The Kier molecular flexibility index (Phi) is 7.68. The van der Waals surface area contributed by atoms with Gasteiger partial charge in [-0.25, -0.2) is 4.99 Å². The first kappa shape index (κ1) is 25.2. The number of hydrogen-bond acceptors (Lipinski definition) is 7. The normalized spacial score (nSPS) is 16.0. The summed E-state index contributed by atoms with van der Waals surface area (Å²) in [5, 5.41) is 8.71. The quantitative estimate of drug-likeness (QED) is 0.438. The van der Waals surface area contributed by atoms with Gasteiger partial charge in [0.25, 0.3) is 5.91 Å². The number of amides is 3. The molecule has 1 atom stereocenters. The highest BCUT2D eigenvalue weighted by Crippen LogP contribution is 2.34. The van der Waals surface area contributed by atoms with Crippen molar-refractivity contribution in [3.63, 3.8) is 0 Å². The van der Waals surface area contributed by atoms with Crippen LogP contribution in [-0.2, 0) is 27.5 Å². The Morgan fingerprint density at radius 1 is 0.973 bits per heavy atom. The fourth-order valence-electron chi connectivity index (χ4n) is 3.97. The molecule has 0 radical (unpaired) electrons. The first-order valence-corrected chi connectivity index (χ1v) is 13.8. The summed E-state index contributed by atoms with van der Waals surface area (Å²) in [5.74, 6) is -0.356. The Morgan fingerprint density at radius 2 is 1.76 bits per heavy atom. The summed E-state index contributed by atoms with van der Waals surface area (Å²) in [6.07, 6.45) is -0.0718. The van der Waals surface area contributed by atoms with E-state index in [2.05, 4.69) is 15.6 Å². The Bertz CT molecular complexity index is 1410. The molecule has 0 spiro atoms. The number of benzene rings is 2. The predicted molar refractivity (Wildman–Crippen MR) is 147 cm³/mol. The van der Waals surface area contributed by atoms with Gasteiger partial charge < -0.3 is 10.6 Å². The summed E-state index contributed by atoms with van der Waals surface area (Å²) in [4.78, 5) is 50.0. The van der Waals surface area contributed by atoms with Gasteiger partial charge in [0.05, 0.1) is 24.4 Å². The van der Waals surface area contributed by atoms with Crippen LogP contribution in [0.3, 0.4) is 0 Å². The van der Waals surface area contributed by atoms with Crippen molar-refractivity contribution in [2.45, 2.75) is 25.6 Å². The molecular weight excluding hydrogens is 530 g/mol. The van der Waals surface area contributed by atoms with E-state index in [9.17, 15) is 14.4 Å². The number of thiophene rings is 1. The molecule has 11 heteroatoms. The fraction of sp³-hybridized carbons (Fsp3) is 0.192. The molecule has 188 valence electrons. The summed E-state index contributed by atoms with van der Waals surface area (Å²) in [5.41, 5.74) is 2.19. The lowest BCUT2D eigenvalue weighted by Gasteiger charge is -2.30. The minimum absolute atomic E-state index is 0.0702. The molecule has 3 amide bonds. The lowest BCUT2D eigenvalue weighted by atomic mass is 10.1. The second-order valence-corrected chi connectivity index (χ2v) is 10.7. The van der Waals surface area contributed by atoms with Crippen LogP contribution in [0.5, 0.6) is 0 Å². The van der Waals surface area contributed by atoms with Crippen LogP contribution in [0.15, 0.2) is 76.0 Å². The smallest absolute Gasteiger partial charge is 0.271 e. The van der Waals surface area contributed by atoms with Crippen LogP contribution in [0, 0.1) is 0 Å². The number of rotatable bonds is 8. The van der Waals surface area contributed by atoms with Crippen molar-refractivity contribution in [1.29, 1.82) is 0 Å². The summed E-state index contributed by atoms with van der Waals surface area (Å²) in [6.45, 7) is 0.700. The number of nitrogens with zero attached hydrogens (tertiary/aromatic N) is 3. The van der Waals surface area contributed by atoms with Crippen LogP contribution in [-0.4, -0.2) is 45.4 Å². The van der Waals surface area contributed by atoms with Gasteiger partial charge in [-0.15, -0.1) is 11.3 Å². The Hall–Kier alpha value is -3.47. The number of thioether (sulfide) groups is 1. The van der Waals surface area contributed by atoms with Gasteiger partial charge in [-0.2, -0.15) is 4.99 Å². The van der Waals surface area contributed by atoms with Gasteiger partial charge in [-0.05, 0) is 35.2 Å². The molecule has 1 unspecified atom stereocenters. The van der Waals surface area contributed by atoms with Crippen LogP contribution in [0.25, 0.3) is 0 Å². The molecule has 2 aliphatic rings. The van der Waals surface area contributed by atoms with Crippen LogP contribution in [0.2, 0.25) is 5.02 Å². The van der Waals surface area contributed by atoms with Crippen molar-refractivity contribution in [2.75, 3.05) is 5.75 Å². The van der Waals surface area contributed by atoms with Crippen molar-refractivity contribution in [3.8, 4) is 0 Å². The van der Waals surface area contributed by atoms with Gasteiger partial charge in [0.15, 0.2) is 5.17 Å². The highest BCUT2D eigenvalue weighted by molar-refractivity contribution is 8.14. The van der Waals surface area contributed by atoms with Gasteiger partial charge in [-0.3, -0.25) is 19.3 Å². The number of nitrogens with one attached hydrogen (secondary N) is 2. The third kappa shape index (κ3) is 5.76. The molecule has 0 fully saturated rings. The van der Waals surface area contributed by atoms with Crippen molar-refractivity contribution >= 4 is 69.1 Å². The minimum Gasteiger partial charge on any atom is -0.351 e. The number of fused-ring (bicyclic) bond motifs is 3. The van der Waals surface area contributed by atoms with Crippen LogP contribution >= 0.6 is 34.7 Å². The number of aliphatic imine (C=N–C) groups is 2. The molecule has 37 heavy (non-hydrogen) atoms. The predicted octanol–water partition coefficient (Wildman–Crippen LogP) is 4.12. The molecule has 3 heterocycles. The molecule has 5 rings (SSSR count). The zero-order valence-electron chi connectivity index (χ0n) is 19.5. The highest BCUT2D eigenvalue weighted by atomic mass is 35.5. The molecule has 2 aliphatic heterocycles. The SMILES string of the molecule is O=C(CSC1=Nc2ccccc2C2=NC(=O)C(CC(=O)NCc3cccs3)N12)NCc1ccccc1Cl. The maximum absolute atomic E-state index is 12.9. The van der Waals surface area contributed by atoms with E-state index in [1.807, 2.05) is 60.0 Å². The standard InChI is InChI=1S/C26H22ClN5O3S2/c27-19-9-3-1-6-16(19)13-28-23(34)15-37-26-30-20-10-4-2-8-18(20)24-31-25(35)21(32(24)26)12-22(33)29-14-17-7-5-11-36-17/h1-11,21H,12-15H2,(H,28,34)(H,29,33). The van der Waals surface area contributed by atoms with E-state index in [4.69, 9.17) is 16.6 Å². The van der Waals surface area contributed by atoms with Gasteiger partial charge in [0, 0.05) is 22.0 Å². The lowest BCUT2D eigenvalue weighted by molar-refractivity contribution is -0.126. The maximum atomic E-state index is 12.9. The van der Waals surface area contributed by atoms with Crippen molar-refractivity contribution in [1.82, 2.24) is 15.5 Å². The first-order valence-electron chi connectivity index (χ1n) is 11.5. The zero-order chi connectivity index (χ0) is 25.8. The highest BCUT2D eigenvalue weighted by Gasteiger charge is 2.42. The zero-order valence-corrected chi connectivity index (χ0v) is 21.9. The first-order chi connectivity index (χ1) is 18.0. The van der Waals surface area contributed by atoms with Crippen LogP contribution in [0.4, 0.5) is 5.69 Å². The summed E-state index contributed by atoms with van der Waals surface area (Å²) in [7, 11) is 0. The molecule has 2 N–H and O–H groups in total. The molecule has 2 aromatic carbocycles. The molecule has 0 bridgehead atoms. The molecule has 0 saturated carbocycles. The minimum atomic E-state index is -0.830. The third-order valence-corrected chi connectivity index (χ3v) is 7.99. The number of para-hydroxylation sites is 1. The van der Waals surface area contributed by atoms with E-state index in [1.165, 1.54) is 11.8 Å². The van der Waals surface area contributed by atoms with Crippen LogP contribution in [0.1, 0.15) is 22.4 Å². The molecule has 8 nitrogen and oxygen atoms in total. The van der Waals surface area contributed by atoms with Gasteiger partial charge in [0.2, 0.25) is 11.8 Å². The van der Waals surface area contributed by atoms with Crippen molar-refractivity contribution in [2.24, 2.45) is 9.98 Å². The number of halogens is 1. The lowest BCUT2D eigenvalue weighted by Crippen LogP contribution is -2.46. The maximum Gasteiger partial charge on any atom is 0.271 e. The molecule has 0 aliphatic carbocycles. The average Bonchev–Trinajstić information content (AvgIpc) is 3.54. The van der Waals surface area contributed by atoms with E-state index in [1.54, 1.807) is 22.3 Å². The Morgan fingerprint density at radius 3 is 2.57 bits per heavy atom. The van der Waals surface area contributed by atoms with Gasteiger partial charge in [-0.1, -0.05) is 59.8 Å². The average molecular weight is 552 g/mol. The number of amidine groups is 2. The molecule has 0 saturated heterocycles. The number of carbonyl (C=O) groups is 3. The molecule has 3 aromatic rings. The summed E-state index contributed by atoms with van der Waals surface area (Å²) in [6, 6.07) is 17.7. The van der Waals surface area contributed by atoms with Crippen molar-refractivity contribution in [3.05, 3.63) is 87.1 Å². The van der Waals surface area contributed by atoms with Crippen molar-refractivity contribution < 1.29 is 14.4 Å². The third-order valence-electron chi connectivity index (χ3n) is 5.79. The van der Waals surface area contributed by atoms with E-state index in [0.717, 1.165) is 10.4 Å². The number of hydrogen-bond donors (Lipinski definition) is 2. The summed E-state index contributed by atoms with van der Waals surface area (Å²) < 4.78 is 0. The van der Waals surface area contributed by atoms with E-state index in [0.29, 0.717) is 40.4 Å². The second kappa shape index (κ2) is 11.3. The van der Waals surface area contributed by atoms with E-state index < -0.39 is 11.9 Å².